The maximum Gasteiger partial charge on any atom is 0.339 e. The molecule has 82 valence electrons. The Morgan fingerprint density at radius 1 is 1.53 bits per heavy atom. The molecule has 0 aliphatic rings. The topological polar surface area (TPSA) is 71.5 Å². The first-order chi connectivity index (χ1) is 6.90. The highest BCUT2D eigenvalue weighted by atomic mass is 16.7. The molecule has 5 nitrogen and oxygen atoms in total. The zero-order valence-electron chi connectivity index (χ0n) is 8.94. The van der Waals surface area contributed by atoms with E-state index in [0.29, 0.717) is 0 Å². The van der Waals surface area contributed by atoms with E-state index in [2.05, 4.69) is 10.5 Å². The van der Waals surface area contributed by atoms with Crippen LogP contribution in [0.1, 0.15) is 31.1 Å². The number of nitrogens with one attached hydrogen (secondary N) is 1. The molecule has 1 rings (SSSR count). The van der Waals surface area contributed by atoms with Crippen LogP contribution in [0.4, 0.5) is 5.82 Å². The van der Waals surface area contributed by atoms with Crippen LogP contribution < -0.4 is 5.48 Å². The van der Waals surface area contributed by atoms with Gasteiger partial charge in [-0.3, -0.25) is 4.84 Å². The van der Waals surface area contributed by atoms with Gasteiger partial charge < -0.3 is 5.11 Å². The molecule has 0 aromatic carbocycles. The average Bonchev–Trinajstić information content (AvgIpc) is 2.14. The van der Waals surface area contributed by atoms with Crippen molar-refractivity contribution in [3.63, 3.8) is 0 Å². The zero-order valence-corrected chi connectivity index (χ0v) is 8.94. The maximum atomic E-state index is 10.8. The fourth-order valence-electron chi connectivity index (χ4n) is 0.861. The van der Waals surface area contributed by atoms with Crippen LogP contribution in [0.3, 0.4) is 0 Å². The molecular formula is C10H14N2O3. The summed E-state index contributed by atoms with van der Waals surface area (Å²) in [6.07, 6.45) is 1.50. The Hall–Kier alpha value is -1.62. The molecule has 0 atom stereocenters. The number of aromatic carboxylic acids is 1. The summed E-state index contributed by atoms with van der Waals surface area (Å²) in [6, 6.07) is 3.02. The van der Waals surface area contributed by atoms with Gasteiger partial charge in [0.1, 0.15) is 5.56 Å². The second kappa shape index (κ2) is 4.27. The van der Waals surface area contributed by atoms with Crippen molar-refractivity contribution < 1.29 is 14.7 Å². The molecule has 0 saturated heterocycles. The highest BCUT2D eigenvalue weighted by molar-refractivity contribution is 5.92. The number of aromatic nitrogens is 1. The molecule has 5 heteroatoms. The summed E-state index contributed by atoms with van der Waals surface area (Å²) in [4.78, 5) is 19.9. The smallest absolute Gasteiger partial charge is 0.339 e. The Kier molecular flexibility index (Phi) is 3.26. The number of carboxylic acids is 1. The van der Waals surface area contributed by atoms with Crippen molar-refractivity contribution in [1.29, 1.82) is 0 Å². The van der Waals surface area contributed by atoms with Crippen molar-refractivity contribution in [2.24, 2.45) is 0 Å². The van der Waals surface area contributed by atoms with E-state index in [1.807, 2.05) is 20.8 Å². The van der Waals surface area contributed by atoms with E-state index in [9.17, 15) is 4.79 Å². The van der Waals surface area contributed by atoms with Crippen molar-refractivity contribution in [3.8, 4) is 0 Å². The van der Waals surface area contributed by atoms with Crippen LogP contribution in [0.2, 0.25) is 0 Å². The van der Waals surface area contributed by atoms with Crippen molar-refractivity contribution in [1.82, 2.24) is 4.98 Å². The monoisotopic (exact) mass is 210 g/mol. The second-order valence-electron chi connectivity index (χ2n) is 4.02. The van der Waals surface area contributed by atoms with Crippen LogP contribution in [0, 0.1) is 0 Å². The first-order valence-electron chi connectivity index (χ1n) is 4.52. The molecule has 1 aromatic heterocycles. The fraction of sp³-hybridized carbons (Fsp3) is 0.400. The predicted molar refractivity (Wildman–Crippen MR) is 55.7 cm³/mol. The second-order valence-corrected chi connectivity index (χ2v) is 4.02. The molecule has 0 spiro atoms. The van der Waals surface area contributed by atoms with Gasteiger partial charge in [0.25, 0.3) is 0 Å². The van der Waals surface area contributed by atoms with E-state index in [1.165, 1.54) is 12.3 Å². The van der Waals surface area contributed by atoms with Crippen molar-refractivity contribution in [3.05, 3.63) is 23.9 Å². The SMILES string of the molecule is CC(C)(C)ONc1ncccc1C(=O)O. The minimum absolute atomic E-state index is 0.0850. The Morgan fingerprint density at radius 3 is 2.73 bits per heavy atom. The maximum absolute atomic E-state index is 10.8. The van der Waals surface area contributed by atoms with Crippen LogP contribution in [-0.4, -0.2) is 21.7 Å². The first kappa shape index (κ1) is 11.5. The lowest BCUT2D eigenvalue weighted by molar-refractivity contribution is 0.0360. The number of carbonyl (C=O) groups is 1. The summed E-state index contributed by atoms with van der Waals surface area (Å²) >= 11 is 0. The summed E-state index contributed by atoms with van der Waals surface area (Å²) in [7, 11) is 0. The predicted octanol–water partition coefficient (Wildman–Crippen LogP) is 1.92. The minimum Gasteiger partial charge on any atom is -0.478 e. The average molecular weight is 210 g/mol. The van der Waals surface area contributed by atoms with Gasteiger partial charge in [-0.05, 0) is 32.9 Å². The van der Waals surface area contributed by atoms with Crippen molar-refractivity contribution in [2.45, 2.75) is 26.4 Å². The van der Waals surface area contributed by atoms with Crippen LogP contribution in [0.25, 0.3) is 0 Å². The third-order valence-electron chi connectivity index (χ3n) is 1.49. The molecule has 0 bridgehead atoms. The highest BCUT2D eigenvalue weighted by Crippen LogP contribution is 2.14. The summed E-state index contributed by atoms with van der Waals surface area (Å²) in [5, 5.41) is 8.86. The molecule has 2 N–H and O–H groups in total. The summed E-state index contributed by atoms with van der Waals surface area (Å²) in [6.45, 7) is 5.55. The number of carboxylic acid groups (broad SMARTS) is 1. The van der Waals surface area contributed by atoms with Gasteiger partial charge in [0, 0.05) is 6.20 Å². The van der Waals surface area contributed by atoms with E-state index in [4.69, 9.17) is 9.94 Å². The molecule has 0 unspecified atom stereocenters. The van der Waals surface area contributed by atoms with Gasteiger partial charge in [0.2, 0.25) is 0 Å². The van der Waals surface area contributed by atoms with E-state index >= 15 is 0 Å². The van der Waals surface area contributed by atoms with Crippen molar-refractivity contribution >= 4 is 11.8 Å². The van der Waals surface area contributed by atoms with Gasteiger partial charge in [0.05, 0.1) is 5.60 Å². The number of nitrogens with zero attached hydrogens (tertiary/aromatic N) is 1. The molecular weight excluding hydrogens is 196 g/mol. The number of hydrogen-bond acceptors (Lipinski definition) is 4. The molecule has 15 heavy (non-hydrogen) atoms. The minimum atomic E-state index is -1.04. The number of rotatable bonds is 3. The molecule has 1 aromatic rings. The summed E-state index contributed by atoms with van der Waals surface area (Å²) in [5.74, 6) is -0.831. The largest absolute Gasteiger partial charge is 0.478 e. The van der Waals surface area contributed by atoms with Crippen molar-refractivity contribution in [2.75, 3.05) is 5.48 Å². The van der Waals surface area contributed by atoms with E-state index in [-0.39, 0.29) is 11.4 Å². The highest BCUT2D eigenvalue weighted by Gasteiger charge is 2.14. The lowest BCUT2D eigenvalue weighted by atomic mass is 10.2. The van der Waals surface area contributed by atoms with E-state index < -0.39 is 11.6 Å². The van der Waals surface area contributed by atoms with Gasteiger partial charge >= 0.3 is 5.97 Å². The summed E-state index contributed by atoms with van der Waals surface area (Å²) < 4.78 is 0. The molecule has 0 amide bonds. The zero-order chi connectivity index (χ0) is 11.5. The van der Waals surface area contributed by atoms with Crippen LogP contribution in [0.5, 0.6) is 0 Å². The Balaban J connectivity index is 2.81. The lowest BCUT2D eigenvalue weighted by Crippen LogP contribution is -2.24. The molecule has 0 radical (unpaired) electrons. The van der Waals surface area contributed by atoms with E-state index in [1.54, 1.807) is 6.07 Å². The van der Waals surface area contributed by atoms with Gasteiger partial charge in [-0.15, -0.1) is 0 Å². The van der Waals surface area contributed by atoms with Gasteiger partial charge in [-0.25, -0.2) is 15.3 Å². The van der Waals surface area contributed by atoms with Crippen LogP contribution in [0.15, 0.2) is 18.3 Å². The number of pyridine rings is 1. The van der Waals surface area contributed by atoms with E-state index in [0.717, 1.165) is 0 Å². The molecule has 0 saturated carbocycles. The van der Waals surface area contributed by atoms with Crippen LogP contribution >= 0.6 is 0 Å². The fourth-order valence-corrected chi connectivity index (χ4v) is 0.861. The summed E-state index contributed by atoms with van der Waals surface area (Å²) in [5.41, 5.74) is 2.22. The Morgan fingerprint density at radius 2 is 2.20 bits per heavy atom. The van der Waals surface area contributed by atoms with Gasteiger partial charge in [-0.2, -0.15) is 0 Å². The number of anilines is 1. The third-order valence-corrected chi connectivity index (χ3v) is 1.49. The molecule has 0 aliphatic heterocycles. The van der Waals surface area contributed by atoms with Gasteiger partial charge in [0.15, 0.2) is 5.82 Å². The quantitative estimate of drug-likeness (QED) is 0.746. The Bertz CT molecular complexity index is 358. The van der Waals surface area contributed by atoms with Gasteiger partial charge in [-0.1, -0.05) is 0 Å². The molecule has 1 heterocycles. The lowest BCUT2D eigenvalue weighted by Gasteiger charge is -2.19. The first-order valence-corrected chi connectivity index (χ1v) is 4.52. The molecule has 0 fully saturated rings. The number of hydrogen-bond donors (Lipinski definition) is 2. The third kappa shape index (κ3) is 3.55. The molecule has 0 aliphatic carbocycles. The Labute approximate surface area is 88.0 Å². The van der Waals surface area contributed by atoms with Crippen LogP contribution in [-0.2, 0) is 4.84 Å². The normalized spacial score (nSPS) is 11.1. The standard InChI is InChI=1S/C10H14N2O3/c1-10(2,3)15-12-8-7(9(13)14)5-4-6-11-8/h4-6H,1-3H3,(H,11,12)(H,13,14).